The molecular weight excluding hydrogens is 240 g/mol. The molecule has 3 nitrogen and oxygen atoms in total. The van der Waals surface area contributed by atoms with Gasteiger partial charge in [-0.1, -0.05) is 48.5 Å². The standard InChI is InChI=1S/C16H16O3/c1-16(12-15(17)18,13-8-4-2-5-9-13)19-14-10-6-3-7-11-14/h2-11H,12H2,1H3,(H,17,18). The van der Waals surface area contributed by atoms with Crippen molar-refractivity contribution in [2.75, 3.05) is 0 Å². The van der Waals surface area contributed by atoms with Crippen molar-refractivity contribution in [2.24, 2.45) is 0 Å². The van der Waals surface area contributed by atoms with E-state index in [2.05, 4.69) is 0 Å². The average Bonchev–Trinajstić information content (AvgIpc) is 2.40. The van der Waals surface area contributed by atoms with Crippen LogP contribution in [-0.4, -0.2) is 11.1 Å². The van der Waals surface area contributed by atoms with Crippen LogP contribution in [0.1, 0.15) is 18.9 Å². The highest BCUT2D eigenvalue weighted by atomic mass is 16.5. The van der Waals surface area contributed by atoms with Crippen LogP contribution < -0.4 is 4.74 Å². The van der Waals surface area contributed by atoms with Crippen LogP contribution in [0.5, 0.6) is 5.75 Å². The number of rotatable bonds is 5. The molecule has 0 aliphatic carbocycles. The molecule has 2 rings (SSSR count). The zero-order valence-corrected chi connectivity index (χ0v) is 10.7. The lowest BCUT2D eigenvalue weighted by atomic mass is 9.92. The first-order chi connectivity index (χ1) is 9.10. The van der Waals surface area contributed by atoms with Crippen LogP contribution >= 0.6 is 0 Å². The predicted molar refractivity (Wildman–Crippen MR) is 73.1 cm³/mol. The van der Waals surface area contributed by atoms with Gasteiger partial charge in [0.15, 0.2) is 0 Å². The SMILES string of the molecule is CC(CC(=O)O)(Oc1ccccc1)c1ccccc1. The first-order valence-electron chi connectivity index (χ1n) is 6.11. The normalized spacial score (nSPS) is 13.5. The summed E-state index contributed by atoms with van der Waals surface area (Å²) in [7, 11) is 0. The maximum Gasteiger partial charge on any atom is 0.307 e. The molecule has 2 aromatic carbocycles. The van der Waals surface area contributed by atoms with E-state index in [4.69, 9.17) is 9.84 Å². The summed E-state index contributed by atoms with van der Waals surface area (Å²) in [5.74, 6) is -0.225. The molecule has 1 N–H and O–H groups in total. The topological polar surface area (TPSA) is 46.5 Å². The second kappa shape index (κ2) is 5.57. The van der Waals surface area contributed by atoms with Gasteiger partial charge in [0.2, 0.25) is 0 Å². The highest BCUT2D eigenvalue weighted by molar-refractivity contribution is 5.68. The Bertz CT molecular complexity index is 536. The van der Waals surface area contributed by atoms with Crippen LogP contribution in [0.4, 0.5) is 0 Å². The van der Waals surface area contributed by atoms with Crippen LogP contribution in [-0.2, 0) is 10.4 Å². The predicted octanol–water partition coefficient (Wildman–Crippen LogP) is 3.46. The highest BCUT2D eigenvalue weighted by Gasteiger charge is 2.31. The van der Waals surface area contributed by atoms with E-state index in [0.717, 1.165) is 5.56 Å². The zero-order chi connectivity index (χ0) is 13.7. The van der Waals surface area contributed by atoms with Gasteiger partial charge < -0.3 is 9.84 Å². The Labute approximate surface area is 112 Å². The van der Waals surface area contributed by atoms with Crippen molar-refractivity contribution in [3.05, 3.63) is 66.2 Å². The number of carbonyl (C=O) groups is 1. The van der Waals surface area contributed by atoms with Crippen LogP contribution in [0, 0.1) is 0 Å². The molecule has 0 saturated heterocycles. The second-order valence-electron chi connectivity index (χ2n) is 4.58. The van der Waals surface area contributed by atoms with Crippen molar-refractivity contribution < 1.29 is 14.6 Å². The third kappa shape index (κ3) is 3.35. The van der Waals surface area contributed by atoms with Gasteiger partial charge in [-0.25, -0.2) is 0 Å². The molecule has 0 aliphatic rings. The average molecular weight is 256 g/mol. The Morgan fingerprint density at radius 3 is 2.11 bits per heavy atom. The lowest BCUT2D eigenvalue weighted by Gasteiger charge is -2.30. The maximum absolute atomic E-state index is 11.1. The fourth-order valence-electron chi connectivity index (χ4n) is 2.03. The molecular formula is C16H16O3. The fraction of sp³-hybridized carbons (Fsp3) is 0.188. The molecule has 0 spiro atoms. The van der Waals surface area contributed by atoms with Gasteiger partial charge in [0.1, 0.15) is 11.4 Å². The Morgan fingerprint density at radius 1 is 1.05 bits per heavy atom. The van der Waals surface area contributed by atoms with Gasteiger partial charge in [-0.3, -0.25) is 4.79 Å². The first-order valence-corrected chi connectivity index (χ1v) is 6.11. The summed E-state index contributed by atoms with van der Waals surface area (Å²) in [6.45, 7) is 1.80. The highest BCUT2D eigenvalue weighted by Crippen LogP contribution is 2.31. The molecule has 0 radical (unpaired) electrons. The molecule has 0 heterocycles. The summed E-state index contributed by atoms with van der Waals surface area (Å²) in [4.78, 5) is 11.1. The minimum atomic E-state index is -0.887. The minimum Gasteiger partial charge on any atom is -0.482 e. The quantitative estimate of drug-likeness (QED) is 0.891. The van der Waals surface area contributed by atoms with E-state index >= 15 is 0 Å². The van der Waals surface area contributed by atoms with E-state index in [0.29, 0.717) is 5.75 Å². The van der Waals surface area contributed by atoms with E-state index in [9.17, 15) is 4.79 Å². The number of carboxylic acids is 1. The fourth-order valence-corrected chi connectivity index (χ4v) is 2.03. The van der Waals surface area contributed by atoms with Crippen LogP contribution in [0.2, 0.25) is 0 Å². The third-order valence-electron chi connectivity index (χ3n) is 2.96. The smallest absolute Gasteiger partial charge is 0.307 e. The second-order valence-corrected chi connectivity index (χ2v) is 4.58. The first kappa shape index (κ1) is 13.1. The van der Waals surface area contributed by atoms with Crippen molar-refractivity contribution in [2.45, 2.75) is 18.9 Å². The number of carboxylic acid groups (broad SMARTS) is 1. The maximum atomic E-state index is 11.1. The number of hydrogen-bond donors (Lipinski definition) is 1. The summed E-state index contributed by atoms with van der Waals surface area (Å²) in [5.41, 5.74) is -0.0321. The molecule has 0 saturated carbocycles. The van der Waals surface area contributed by atoms with Crippen LogP contribution in [0.15, 0.2) is 60.7 Å². The van der Waals surface area contributed by atoms with Crippen molar-refractivity contribution in [1.29, 1.82) is 0 Å². The van der Waals surface area contributed by atoms with Crippen LogP contribution in [0.25, 0.3) is 0 Å². The largest absolute Gasteiger partial charge is 0.482 e. The Kier molecular flexibility index (Phi) is 3.85. The summed E-state index contributed by atoms with van der Waals surface area (Å²) in [6.07, 6.45) is -0.0914. The molecule has 1 unspecified atom stereocenters. The Balaban J connectivity index is 2.32. The van der Waals surface area contributed by atoms with Gasteiger partial charge in [-0.15, -0.1) is 0 Å². The molecule has 1 atom stereocenters. The van der Waals surface area contributed by atoms with Gasteiger partial charge in [0, 0.05) is 0 Å². The monoisotopic (exact) mass is 256 g/mol. The molecule has 2 aromatic rings. The van der Waals surface area contributed by atoms with Crippen molar-refractivity contribution >= 4 is 5.97 Å². The van der Waals surface area contributed by atoms with Gasteiger partial charge in [-0.05, 0) is 24.6 Å². The van der Waals surface area contributed by atoms with Crippen molar-refractivity contribution in [3.63, 3.8) is 0 Å². The molecule has 0 aliphatic heterocycles. The molecule has 0 fully saturated rings. The lowest BCUT2D eigenvalue weighted by molar-refractivity contribution is -0.141. The third-order valence-corrected chi connectivity index (χ3v) is 2.96. The van der Waals surface area contributed by atoms with E-state index in [1.807, 2.05) is 60.7 Å². The zero-order valence-electron chi connectivity index (χ0n) is 10.7. The lowest BCUT2D eigenvalue weighted by Crippen LogP contribution is -2.32. The number of para-hydroxylation sites is 1. The Hall–Kier alpha value is -2.29. The minimum absolute atomic E-state index is 0.0914. The van der Waals surface area contributed by atoms with Gasteiger partial charge in [0.25, 0.3) is 0 Å². The molecule has 0 bridgehead atoms. The molecule has 0 aromatic heterocycles. The summed E-state index contributed by atoms with van der Waals surface area (Å²) >= 11 is 0. The van der Waals surface area contributed by atoms with E-state index in [1.165, 1.54) is 0 Å². The van der Waals surface area contributed by atoms with Crippen molar-refractivity contribution in [1.82, 2.24) is 0 Å². The van der Waals surface area contributed by atoms with Gasteiger partial charge >= 0.3 is 5.97 Å². The summed E-state index contributed by atoms with van der Waals surface area (Å²) in [5, 5.41) is 9.11. The number of aliphatic carboxylic acids is 1. The number of hydrogen-bond acceptors (Lipinski definition) is 2. The van der Waals surface area contributed by atoms with E-state index in [-0.39, 0.29) is 6.42 Å². The van der Waals surface area contributed by atoms with Gasteiger partial charge in [0.05, 0.1) is 6.42 Å². The number of benzene rings is 2. The summed E-state index contributed by atoms with van der Waals surface area (Å²) < 4.78 is 5.92. The number of ether oxygens (including phenoxy) is 1. The Morgan fingerprint density at radius 2 is 1.58 bits per heavy atom. The van der Waals surface area contributed by atoms with E-state index < -0.39 is 11.6 Å². The van der Waals surface area contributed by atoms with Crippen LogP contribution in [0.3, 0.4) is 0 Å². The van der Waals surface area contributed by atoms with Gasteiger partial charge in [-0.2, -0.15) is 0 Å². The summed E-state index contributed by atoms with van der Waals surface area (Å²) in [6, 6.07) is 18.7. The molecule has 19 heavy (non-hydrogen) atoms. The molecule has 98 valence electrons. The molecule has 3 heteroatoms. The molecule has 0 amide bonds. The van der Waals surface area contributed by atoms with E-state index in [1.54, 1.807) is 6.92 Å². The van der Waals surface area contributed by atoms with Crippen molar-refractivity contribution in [3.8, 4) is 5.75 Å².